The lowest BCUT2D eigenvalue weighted by Gasteiger charge is -2.11. The first-order valence-electron chi connectivity index (χ1n) is 9.31. The molecular formula is C20H31IN4OS. The second-order valence-corrected chi connectivity index (χ2v) is 7.18. The van der Waals surface area contributed by atoms with Crippen LogP contribution >= 0.6 is 35.3 Å². The van der Waals surface area contributed by atoms with E-state index in [1.165, 1.54) is 10.4 Å². The highest BCUT2D eigenvalue weighted by Gasteiger charge is 2.02. The van der Waals surface area contributed by atoms with E-state index < -0.39 is 0 Å². The SMILES string of the molecule is CCc1cnc(CNC(=NC)NCCCCOCCc2ccccc2)s1.I. The number of nitrogens with zero attached hydrogens (tertiary/aromatic N) is 2. The second kappa shape index (κ2) is 14.8. The highest BCUT2D eigenvalue weighted by Crippen LogP contribution is 2.12. The van der Waals surface area contributed by atoms with E-state index in [9.17, 15) is 0 Å². The number of aromatic nitrogens is 1. The average molecular weight is 502 g/mol. The van der Waals surface area contributed by atoms with Gasteiger partial charge in [0.15, 0.2) is 5.96 Å². The third kappa shape index (κ3) is 10.1. The molecule has 0 amide bonds. The fourth-order valence-corrected chi connectivity index (χ4v) is 3.25. The Morgan fingerprint density at radius 2 is 1.96 bits per heavy atom. The summed E-state index contributed by atoms with van der Waals surface area (Å²) in [6.45, 7) is 5.34. The minimum Gasteiger partial charge on any atom is -0.381 e. The number of halogens is 1. The molecule has 27 heavy (non-hydrogen) atoms. The van der Waals surface area contributed by atoms with Gasteiger partial charge in [-0.25, -0.2) is 4.98 Å². The van der Waals surface area contributed by atoms with Gasteiger partial charge < -0.3 is 15.4 Å². The largest absolute Gasteiger partial charge is 0.381 e. The van der Waals surface area contributed by atoms with Crippen molar-refractivity contribution in [1.82, 2.24) is 15.6 Å². The molecule has 7 heteroatoms. The fraction of sp³-hybridized carbons (Fsp3) is 0.500. The topological polar surface area (TPSA) is 58.5 Å². The molecule has 0 radical (unpaired) electrons. The van der Waals surface area contributed by atoms with E-state index >= 15 is 0 Å². The molecule has 2 aromatic rings. The first kappa shape index (κ1) is 23.8. The Kier molecular flexibility index (Phi) is 13.1. The van der Waals surface area contributed by atoms with Crippen molar-refractivity contribution < 1.29 is 4.74 Å². The van der Waals surface area contributed by atoms with Crippen molar-refractivity contribution in [2.75, 3.05) is 26.8 Å². The lowest BCUT2D eigenvalue weighted by Crippen LogP contribution is -2.37. The van der Waals surface area contributed by atoms with Gasteiger partial charge in [0, 0.05) is 31.3 Å². The Morgan fingerprint density at radius 1 is 1.15 bits per heavy atom. The Balaban J connectivity index is 0.00000364. The average Bonchev–Trinajstić information content (AvgIpc) is 3.15. The number of thiazole rings is 1. The Morgan fingerprint density at radius 3 is 2.67 bits per heavy atom. The molecule has 2 N–H and O–H groups in total. The van der Waals surface area contributed by atoms with Gasteiger partial charge in [-0.2, -0.15) is 0 Å². The maximum Gasteiger partial charge on any atom is 0.191 e. The highest BCUT2D eigenvalue weighted by molar-refractivity contribution is 14.0. The van der Waals surface area contributed by atoms with E-state index in [1.807, 2.05) is 12.3 Å². The van der Waals surface area contributed by atoms with Crippen molar-refractivity contribution in [3.8, 4) is 0 Å². The second-order valence-electron chi connectivity index (χ2n) is 5.98. The van der Waals surface area contributed by atoms with E-state index in [-0.39, 0.29) is 24.0 Å². The number of ether oxygens (including phenoxy) is 1. The molecule has 1 heterocycles. The van der Waals surface area contributed by atoms with Crippen molar-refractivity contribution in [3.05, 3.63) is 52.0 Å². The molecule has 0 saturated carbocycles. The molecule has 150 valence electrons. The Labute approximate surface area is 184 Å². The quantitative estimate of drug-likeness (QED) is 0.211. The zero-order chi connectivity index (χ0) is 18.5. The molecule has 0 aliphatic carbocycles. The van der Waals surface area contributed by atoms with Crippen LogP contribution in [-0.2, 0) is 24.1 Å². The molecule has 0 atom stereocenters. The van der Waals surface area contributed by atoms with Gasteiger partial charge >= 0.3 is 0 Å². The predicted molar refractivity (Wildman–Crippen MR) is 125 cm³/mol. The van der Waals surface area contributed by atoms with Gasteiger partial charge in [0.1, 0.15) is 5.01 Å². The van der Waals surface area contributed by atoms with Crippen molar-refractivity contribution in [2.45, 2.75) is 39.2 Å². The molecule has 0 aliphatic heterocycles. The van der Waals surface area contributed by atoms with Crippen LogP contribution in [0.5, 0.6) is 0 Å². The number of rotatable bonds is 11. The van der Waals surface area contributed by atoms with Crippen LogP contribution in [0.15, 0.2) is 41.5 Å². The van der Waals surface area contributed by atoms with Crippen LogP contribution in [0.2, 0.25) is 0 Å². The maximum absolute atomic E-state index is 5.71. The first-order chi connectivity index (χ1) is 12.8. The summed E-state index contributed by atoms with van der Waals surface area (Å²) in [5, 5.41) is 7.74. The minimum atomic E-state index is 0. The number of aliphatic imine (C=N–C) groups is 1. The van der Waals surface area contributed by atoms with E-state index in [0.717, 1.165) is 56.4 Å². The van der Waals surface area contributed by atoms with E-state index in [4.69, 9.17) is 4.74 Å². The summed E-state index contributed by atoms with van der Waals surface area (Å²) >= 11 is 1.75. The fourth-order valence-electron chi connectivity index (χ4n) is 2.45. The summed E-state index contributed by atoms with van der Waals surface area (Å²) in [5.74, 6) is 0.822. The molecule has 1 aromatic heterocycles. The molecule has 2 rings (SSSR count). The van der Waals surface area contributed by atoms with Gasteiger partial charge in [-0.15, -0.1) is 35.3 Å². The minimum absolute atomic E-state index is 0. The summed E-state index contributed by atoms with van der Waals surface area (Å²) in [5.41, 5.74) is 1.33. The third-order valence-corrected chi connectivity index (χ3v) is 5.11. The standard InChI is InChI=1S/C20H30N4OS.HI/c1-3-18-15-23-19(26-18)16-24-20(21-2)22-12-7-8-13-25-14-11-17-9-5-4-6-10-17;/h4-6,9-10,15H,3,7-8,11-14,16H2,1-2H3,(H2,21,22,24);1H. The normalized spacial score (nSPS) is 11.1. The third-order valence-electron chi connectivity index (χ3n) is 3.97. The number of unbranched alkanes of at least 4 members (excludes halogenated alkanes) is 1. The summed E-state index contributed by atoms with van der Waals surface area (Å²) in [7, 11) is 1.79. The van der Waals surface area contributed by atoms with Gasteiger partial charge in [0.25, 0.3) is 0 Å². The Hall–Kier alpha value is -1.19. The molecule has 0 fully saturated rings. The van der Waals surface area contributed by atoms with Gasteiger partial charge in [-0.05, 0) is 31.2 Å². The molecule has 5 nitrogen and oxygen atoms in total. The monoisotopic (exact) mass is 502 g/mol. The number of benzene rings is 1. The summed E-state index contributed by atoms with van der Waals surface area (Å²) < 4.78 is 5.71. The van der Waals surface area contributed by atoms with E-state index in [0.29, 0.717) is 6.54 Å². The van der Waals surface area contributed by atoms with Gasteiger partial charge in [-0.3, -0.25) is 4.99 Å². The van der Waals surface area contributed by atoms with Crippen molar-refractivity contribution in [2.24, 2.45) is 4.99 Å². The highest BCUT2D eigenvalue weighted by atomic mass is 127. The summed E-state index contributed by atoms with van der Waals surface area (Å²) in [4.78, 5) is 9.98. The van der Waals surface area contributed by atoms with Crippen LogP contribution in [0.3, 0.4) is 0 Å². The van der Waals surface area contributed by atoms with Gasteiger partial charge in [0.2, 0.25) is 0 Å². The smallest absolute Gasteiger partial charge is 0.191 e. The molecular weight excluding hydrogens is 471 g/mol. The van der Waals surface area contributed by atoms with Crippen LogP contribution in [0.25, 0.3) is 0 Å². The van der Waals surface area contributed by atoms with Crippen LogP contribution < -0.4 is 10.6 Å². The zero-order valence-electron chi connectivity index (χ0n) is 16.2. The molecule has 0 unspecified atom stereocenters. The summed E-state index contributed by atoms with van der Waals surface area (Å²) in [6, 6.07) is 10.5. The number of guanidine groups is 1. The first-order valence-corrected chi connectivity index (χ1v) is 10.1. The van der Waals surface area contributed by atoms with Crippen LogP contribution in [0.4, 0.5) is 0 Å². The Bertz CT molecular complexity index is 648. The van der Waals surface area contributed by atoms with Gasteiger partial charge in [-0.1, -0.05) is 37.3 Å². The number of nitrogens with one attached hydrogen (secondary N) is 2. The van der Waals surface area contributed by atoms with E-state index in [2.05, 4.69) is 51.8 Å². The lowest BCUT2D eigenvalue weighted by molar-refractivity contribution is 0.133. The number of hydrogen-bond donors (Lipinski definition) is 2. The molecule has 1 aromatic carbocycles. The molecule has 0 saturated heterocycles. The molecule has 0 bridgehead atoms. The van der Waals surface area contributed by atoms with Crippen molar-refractivity contribution >= 4 is 41.3 Å². The maximum atomic E-state index is 5.71. The zero-order valence-corrected chi connectivity index (χ0v) is 19.4. The van der Waals surface area contributed by atoms with Crippen molar-refractivity contribution in [1.29, 1.82) is 0 Å². The van der Waals surface area contributed by atoms with Crippen LogP contribution in [0.1, 0.15) is 35.2 Å². The predicted octanol–water partition coefficient (Wildman–Crippen LogP) is 4.03. The van der Waals surface area contributed by atoms with Gasteiger partial charge in [0.05, 0.1) is 13.2 Å². The molecule has 0 aliphatic rings. The molecule has 0 spiro atoms. The van der Waals surface area contributed by atoms with Crippen molar-refractivity contribution in [3.63, 3.8) is 0 Å². The van der Waals surface area contributed by atoms with Crippen LogP contribution in [0, 0.1) is 0 Å². The lowest BCUT2D eigenvalue weighted by atomic mass is 10.2. The summed E-state index contributed by atoms with van der Waals surface area (Å²) in [6.07, 6.45) is 6.08. The number of aryl methyl sites for hydroxylation is 1. The van der Waals surface area contributed by atoms with E-state index in [1.54, 1.807) is 18.4 Å². The number of hydrogen-bond acceptors (Lipinski definition) is 4. The van der Waals surface area contributed by atoms with Crippen LogP contribution in [-0.4, -0.2) is 37.7 Å².